The largest absolute Gasteiger partial charge is 0.469 e. The zero-order valence-corrected chi connectivity index (χ0v) is 7.72. The highest BCUT2D eigenvalue weighted by atomic mass is 16.5. The van der Waals surface area contributed by atoms with E-state index in [1.807, 2.05) is 0 Å². The summed E-state index contributed by atoms with van der Waals surface area (Å²) in [6.45, 7) is 4.18. The van der Waals surface area contributed by atoms with Gasteiger partial charge < -0.3 is 4.74 Å². The van der Waals surface area contributed by atoms with E-state index in [1.54, 1.807) is 0 Å². The van der Waals surface area contributed by atoms with Crippen LogP contribution in [-0.2, 0) is 9.53 Å². The molecule has 2 nitrogen and oxygen atoms in total. The van der Waals surface area contributed by atoms with Crippen LogP contribution in [0.2, 0.25) is 0 Å². The third kappa shape index (κ3) is 4.02. The minimum atomic E-state index is -0.0475. The van der Waals surface area contributed by atoms with Gasteiger partial charge in [0.25, 0.3) is 0 Å². The molecule has 0 unspecified atom stereocenters. The van der Waals surface area contributed by atoms with Crippen molar-refractivity contribution >= 4 is 5.97 Å². The van der Waals surface area contributed by atoms with E-state index in [2.05, 4.69) is 18.6 Å². The van der Waals surface area contributed by atoms with E-state index in [4.69, 9.17) is 0 Å². The van der Waals surface area contributed by atoms with Crippen LogP contribution in [0.3, 0.4) is 0 Å². The number of ether oxygens (including phenoxy) is 1. The summed E-state index contributed by atoms with van der Waals surface area (Å²) in [5, 5.41) is 0. The van der Waals surface area contributed by atoms with Crippen LogP contribution in [-0.4, -0.2) is 13.1 Å². The van der Waals surface area contributed by atoms with Crippen molar-refractivity contribution in [1.29, 1.82) is 0 Å². The summed E-state index contributed by atoms with van der Waals surface area (Å²) in [4.78, 5) is 11.1. The number of hydrogen-bond acceptors (Lipinski definition) is 2. The molecular weight excluding hydrogens is 140 g/mol. The summed E-state index contributed by atoms with van der Waals surface area (Å²) >= 11 is 0. The van der Waals surface area contributed by atoms with Gasteiger partial charge in [0.05, 0.1) is 13.0 Å². The normalized spacial score (nSPS) is 10.2. The molecule has 2 heteroatoms. The van der Waals surface area contributed by atoms with Crippen LogP contribution < -0.4 is 0 Å². The van der Waals surface area contributed by atoms with Gasteiger partial charge in [-0.2, -0.15) is 0 Å². The monoisotopic (exact) mass is 158 g/mol. The van der Waals surface area contributed by atoms with E-state index in [1.165, 1.54) is 7.11 Å². The zero-order chi connectivity index (χ0) is 8.69. The standard InChI is InChI=1S/C9H18O2/c1-4-6-8(7-5-2)9(10)11-3/h8H,4-7H2,1-3H3. The first-order valence-electron chi connectivity index (χ1n) is 4.34. The van der Waals surface area contributed by atoms with Crippen molar-refractivity contribution in [1.82, 2.24) is 0 Å². The molecule has 0 aromatic rings. The fraction of sp³-hybridized carbons (Fsp3) is 0.889. The van der Waals surface area contributed by atoms with Crippen molar-refractivity contribution in [2.45, 2.75) is 39.5 Å². The Bertz CT molecular complexity index is 104. The van der Waals surface area contributed by atoms with Crippen molar-refractivity contribution in [3.05, 3.63) is 0 Å². The Morgan fingerprint density at radius 2 is 1.73 bits per heavy atom. The van der Waals surface area contributed by atoms with Crippen LogP contribution in [0.5, 0.6) is 0 Å². The number of hydrogen-bond donors (Lipinski definition) is 0. The summed E-state index contributed by atoms with van der Waals surface area (Å²) in [6.07, 6.45) is 4.03. The molecule has 0 aromatic heterocycles. The van der Waals surface area contributed by atoms with Crippen LogP contribution in [0.25, 0.3) is 0 Å². The summed E-state index contributed by atoms with van der Waals surface area (Å²) in [5.74, 6) is 0.0868. The van der Waals surface area contributed by atoms with E-state index in [-0.39, 0.29) is 11.9 Å². The Labute approximate surface area is 68.9 Å². The number of rotatable bonds is 5. The lowest BCUT2D eigenvalue weighted by Crippen LogP contribution is -2.15. The third-order valence-electron chi connectivity index (χ3n) is 1.81. The predicted molar refractivity (Wildman–Crippen MR) is 45.3 cm³/mol. The molecule has 0 heterocycles. The van der Waals surface area contributed by atoms with Crippen molar-refractivity contribution in [3.8, 4) is 0 Å². The van der Waals surface area contributed by atoms with Crippen LogP contribution in [0.1, 0.15) is 39.5 Å². The van der Waals surface area contributed by atoms with Gasteiger partial charge in [-0.25, -0.2) is 0 Å². The van der Waals surface area contributed by atoms with Crippen molar-refractivity contribution in [2.24, 2.45) is 5.92 Å². The molecule has 0 aromatic carbocycles. The number of esters is 1. The summed E-state index contributed by atoms with van der Waals surface area (Å²) < 4.78 is 4.68. The van der Waals surface area contributed by atoms with Crippen molar-refractivity contribution in [3.63, 3.8) is 0 Å². The topological polar surface area (TPSA) is 26.3 Å². The number of carbonyl (C=O) groups excluding carboxylic acids is 1. The quantitative estimate of drug-likeness (QED) is 0.574. The first-order valence-corrected chi connectivity index (χ1v) is 4.34. The molecule has 0 spiro atoms. The molecule has 0 aliphatic heterocycles. The lowest BCUT2D eigenvalue weighted by molar-refractivity contribution is -0.145. The molecule has 0 radical (unpaired) electrons. The Morgan fingerprint density at radius 1 is 1.27 bits per heavy atom. The first-order chi connectivity index (χ1) is 5.26. The van der Waals surface area contributed by atoms with Crippen LogP contribution in [0.15, 0.2) is 0 Å². The second-order valence-corrected chi connectivity index (χ2v) is 2.80. The van der Waals surface area contributed by atoms with Gasteiger partial charge in [-0.1, -0.05) is 26.7 Å². The van der Waals surface area contributed by atoms with Gasteiger partial charge in [-0.05, 0) is 12.8 Å². The maximum Gasteiger partial charge on any atom is 0.308 e. The van der Waals surface area contributed by atoms with Crippen molar-refractivity contribution in [2.75, 3.05) is 7.11 Å². The third-order valence-corrected chi connectivity index (χ3v) is 1.81. The summed E-state index contributed by atoms with van der Waals surface area (Å²) in [7, 11) is 1.46. The average molecular weight is 158 g/mol. The van der Waals surface area contributed by atoms with Crippen LogP contribution in [0.4, 0.5) is 0 Å². The van der Waals surface area contributed by atoms with Gasteiger partial charge in [-0.3, -0.25) is 4.79 Å². The Balaban J connectivity index is 3.76. The molecule has 66 valence electrons. The molecule has 0 aliphatic rings. The molecule has 11 heavy (non-hydrogen) atoms. The lowest BCUT2D eigenvalue weighted by atomic mass is 9.99. The smallest absolute Gasteiger partial charge is 0.308 e. The molecule has 0 amide bonds. The van der Waals surface area contributed by atoms with Gasteiger partial charge in [0.2, 0.25) is 0 Å². The van der Waals surface area contributed by atoms with Gasteiger partial charge in [0, 0.05) is 0 Å². The lowest BCUT2D eigenvalue weighted by Gasteiger charge is -2.11. The van der Waals surface area contributed by atoms with E-state index in [0.717, 1.165) is 25.7 Å². The Hall–Kier alpha value is -0.530. The highest BCUT2D eigenvalue weighted by Crippen LogP contribution is 2.14. The fourth-order valence-electron chi connectivity index (χ4n) is 1.24. The maximum absolute atomic E-state index is 11.1. The van der Waals surface area contributed by atoms with E-state index in [9.17, 15) is 4.79 Å². The number of carbonyl (C=O) groups is 1. The molecule has 0 bridgehead atoms. The maximum atomic E-state index is 11.1. The minimum absolute atomic E-state index is 0.0475. The van der Waals surface area contributed by atoms with Crippen LogP contribution in [0, 0.1) is 5.92 Å². The summed E-state index contributed by atoms with van der Waals surface area (Å²) in [5.41, 5.74) is 0. The highest BCUT2D eigenvalue weighted by molar-refractivity contribution is 5.72. The predicted octanol–water partition coefficient (Wildman–Crippen LogP) is 2.38. The van der Waals surface area contributed by atoms with E-state index in [0.29, 0.717) is 0 Å². The van der Waals surface area contributed by atoms with Gasteiger partial charge >= 0.3 is 5.97 Å². The second-order valence-electron chi connectivity index (χ2n) is 2.80. The van der Waals surface area contributed by atoms with E-state index >= 15 is 0 Å². The summed E-state index contributed by atoms with van der Waals surface area (Å²) in [6, 6.07) is 0. The van der Waals surface area contributed by atoms with Gasteiger partial charge in [0.15, 0.2) is 0 Å². The molecular formula is C9H18O2. The molecule has 0 atom stereocenters. The SMILES string of the molecule is CCCC(CCC)C(=O)OC. The van der Waals surface area contributed by atoms with Gasteiger partial charge in [0.1, 0.15) is 0 Å². The highest BCUT2D eigenvalue weighted by Gasteiger charge is 2.15. The van der Waals surface area contributed by atoms with E-state index < -0.39 is 0 Å². The van der Waals surface area contributed by atoms with Crippen molar-refractivity contribution < 1.29 is 9.53 Å². The van der Waals surface area contributed by atoms with Crippen LogP contribution >= 0.6 is 0 Å². The molecule has 0 aliphatic carbocycles. The Morgan fingerprint density at radius 3 is 2.00 bits per heavy atom. The fourth-order valence-corrected chi connectivity index (χ4v) is 1.24. The number of methoxy groups -OCH3 is 1. The van der Waals surface area contributed by atoms with Gasteiger partial charge in [-0.15, -0.1) is 0 Å². The minimum Gasteiger partial charge on any atom is -0.469 e. The first kappa shape index (κ1) is 10.5. The molecule has 0 saturated heterocycles. The molecule has 0 rings (SSSR count). The molecule has 0 N–H and O–H groups in total. The molecule has 0 fully saturated rings. The Kier molecular flexibility index (Phi) is 5.90. The second kappa shape index (κ2) is 6.20. The zero-order valence-electron chi connectivity index (χ0n) is 7.72. The average Bonchev–Trinajstić information content (AvgIpc) is 2.03. The molecule has 0 saturated carbocycles.